The third kappa shape index (κ3) is 5.16. The van der Waals surface area contributed by atoms with Crippen LogP contribution in [0.4, 0.5) is 14.9 Å². The van der Waals surface area contributed by atoms with Crippen LogP contribution in [0.1, 0.15) is 29.6 Å². The van der Waals surface area contributed by atoms with Crippen LogP contribution in [0.25, 0.3) is 0 Å². The van der Waals surface area contributed by atoms with E-state index in [1.165, 1.54) is 29.2 Å². The lowest BCUT2D eigenvalue weighted by molar-refractivity contribution is -0.121. The van der Waals surface area contributed by atoms with Gasteiger partial charge in [-0.1, -0.05) is 18.2 Å². The van der Waals surface area contributed by atoms with E-state index < -0.39 is 18.0 Å². The van der Waals surface area contributed by atoms with E-state index in [4.69, 9.17) is 4.74 Å². The maximum Gasteiger partial charge on any atom is 0.414 e. The monoisotopic (exact) mass is 384 g/mol. The number of carbonyl (C=O) groups excluding carboxylic acids is 3. The SMILES string of the molecule is O=C(CCCC(=O)c1ccc(F)cc1)NCC1CN(c2ccccc2)C(=O)O1. The summed E-state index contributed by atoms with van der Waals surface area (Å²) in [6.45, 7) is 0.589. The van der Waals surface area contributed by atoms with Crippen LogP contribution < -0.4 is 10.2 Å². The van der Waals surface area contributed by atoms with Crippen LogP contribution in [0.15, 0.2) is 54.6 Å². The number of rotatable bonds is 8. The number of nitrogens with zero attached hydrogens (tertiary/aromatic N) is 1. The van der Waals surface area contributed by atoms with E-state index in [2.05, 4.69) is 5.32 Å². The zero-order chi connectivity index (χ0) is 19.9. The molecule has 0 aromatic heterocycles. The maximum atomic E-state index is 12.9. The average Bonchev–Trinajstić information content (AvgIpc) is 3.08. The quantitative estimate of drug-likeness (QED) is 0.709. The fourth-order valence-corrected chi connectivity index (χ4v) is 2.95. The van der Waals surface area contributed by atoms with Crippen molar-refractivity contribution in [3.63, 3.8) is 0 Å². The van der Waals surface area contributed by atoms with Gasteiger partial charge in [0.1, 0.15) is 11.9 Å². The van der Waals surface area contributed by atoms with Gasteiger partial charge in [-0.05, 0) is 42.8 Å². The molecule has 0 spiro atoms. The van der Waals surface area contributed by atoms with Crippen LogP contribution in [0.3, 0.4) is 0 Å². The number of cyclic esters (lactones) is 1. The summed E-state index contributed by atoms with van der Waals surface area (Å²) in [6.07, 6.45) is -0.0643. The molecule has 0 bridgehead atoms. The van der Waals surface area contributed by atoms with E-state index in [-0.39, 0.29) is 31.1 Å². The average molecular weight is 384 g/mol. The van der Waals surface area contributed by atoms with Crippen molar-refractivity contribution in [1.29, 1.82) is 0 Å². The molecular weight excluding hydrogens is 363 g/mol. The van der Waals surface area contributed by atoms with Crippen LogP contribution in [-0.4, -0.2) is 37.0 Å². The lowest BCUT2D eigenvalue weighted by Crippen LogP contribution is -2.34. The van der Waals surface area contributed by atoms with Crippen molar-refractivity contribution in [1.82, 2.24) is 5.32 Å². The second-order valence-electron chi connectivity index (χ2n) is 6.54. The van der Waals surface area contributed by atoms with Crippen molar-refractivity contribution >= 4 is 23.5 Å². The molecular formula is C21H21FN2O4. The van der Waals surface area contributed by atoms with Crippen LogP contribution in [0, 0.1) is 5.82 Å². The van der Waals surface area contributed by atoms with Crippen molar-refractivity contribution in [3.8, 4) is 0 Å². The van der Waals surface area contributed by atoms with Crippen molar-refractivity contribution in [2.75, 3.05) is 18.0 Å². The lowest BCUT2D eigenvalue weighted by atomic mass is 10.1. The van der Waals surface area contributed by atoms with Crippen LogP contribution in [0.5, 0.6) is 0 Å². The van der Waals surface area contributed by atoms with Gasteiger partial charge in [-0.3, -0.25) is 14.5 Å². The first-order valence-electron chi connectivity index (χ1n) is 9.11. The predicted octanol–water partition coefficient (Wildman–Crippen LogP) is 3.32. The molecule has 28 heavy (non-hydrogen) atoms. The normalized spacial score (nSPS) is 16.0. The molecule has 1 heterocycles. The van der Waals surface area contributed by atoms with E-state index in [0.29, 0.717) is 18.5 Å². The summed E-state index contributed by atoms with van der Waals surface area (Å²) in [4.78, 5) is 37.5. The highest BCUT2D eigenvalue weighted by Gasteiger charge is 2.32. The van der Waals surface area contributed by atoms with Crippen molar-refractivity contribution in [2.24, 2.45) is 0 Å². The molecule has 0 radical (unpaired) electrons. The Kier molecular flexibility index (Phi) is 6.37. The van der Waals surface area contributed by atoms with Gasteiger partial charge in [0, 0.05) is 24.1 Å². The minimum absolute atomic E-state index is 0.129. The topological polar surface area (TPSA) is 75.7 Å². The minimum Gasteiger partial charge on any atom is -0.442 e. The fraction of sp³-hybridized carbons (Fsp3) is 0.286. The van der Waals surface area contributed by atoms with E-state index in [0.717, 1.165) is 5.69 Å². The van der Waals surface area contributed by atoms with Gasteiger partial charge in [0.25, 0.3) is 0 Å². The number of halogens is 1. The van der Waals surface area contributed by atoms with Gasteiger partial charge in [-0.25, -0.2) is 9.18 Å². The van der Waals surface area contributed by atoms with Crippen molar-refractivity contribution in [2.45, 2.75) is 25.4 Å². The van der Waals surface area contributed by atoms with Crippen LogP contribution >= 0.6 is 0 Å². The minimum atomic E-state index is -0.435. The Labute approximate surface area is 162 Å². The molecule has 2 amide bonds. The zero-order valence-corrected chi connectivity index (χ0v) is 15.3. The maximum absolute atomic E-state index is 12.9. The van der Waals surface area contributed by atoms with Gasteiger partial charge in [0.05, 0.1) is 13.1 Å². The molecule has 0 aliphatic carbocycles. The molecule has 1 aliphatic rings. The largest absolute Gasteiger partial charge is 0.442 e. The molecule has 0 saturated carbocycles. The summed E-state index contributed by atoms with van der Waals surface area (Å²) in [5.41, 5.74) is 1.18. The molecule has 1 fully saturated rings. The number of para-hydroxylation sites is 1. The Morgan fingerprint density at radius 2 is 1.79 bits per heavy atom. The van der Waals surface area contributed by atoms with E-state index in [1.54, 1.807) is 0 Å². The number of nitrogens with one attached hydrogen (secondary N) is 1. The van der Waals surface area contributed by atoms with Gasteiger partial charge in [-0.2, -0.15) is 0 Å². The van der Waals surface area contributed by atoms with Crippen LogP contribution in [-0.2, 0) is 9.53 Å². The van der Waals surface area contributed by atoms with Crippen molar-refractivity contribution < 1.29 is 23.5 Å². The van der Waals surface area contributed by atoms with Gasteiger partial charge in [-0.15, -0.1) is 0 Å². The Morgan fingerprint density at radius 3 is 2.50 bits per heavy atom. The second-order valence-corrected chi connectivity index (χ2v) is 6.54. The summed E-state index contributed by atoms with van der Waals surface area (Å²) >= 11 is 0. The Balaban J connectivity index is 1.37. The Morgan fingerprint density at radius 1 is 1.07 bits per heavy atom. The molecule has 1 unspecified atom stereocenters. The number of hydrogen-bond donors (Lipinski definition) is 1. The van der Waals surface area contributed by atoms with Gasteiger partial charge < -0.3 is 10.1 Å². The summed E-state index contributed by atoms with van der Waals surface area (Å²) in [6, 6.07) is 14.5. The number of ether oxygens (including phenoxy) is 1. The van der Waals surface area contributed by atoms with Gasteiger partial charge in [0.15, 0.2) is 5.78 Å². The summed E-state index contributed by atoms with van der Waals surface area (Å²) in [7, 11) is 0. The first-order chi connectivity index (χ1) is 13.5. The van der Waals surface area contributed by atoms with E-state index in [9.17, 15) is 18.8 Å². The molecule has 6 nitrogen and oxygen atoms in total. The number of anilines is 1. The number of Topliss-reactive ketones (excluding diaryl/α,β-unsaturated/α-hetero) is 1. The first kappa shape index (κ1) is 19.5. The fourth-order valence-electron chi connectivity index (χ4n) is 2.95. The third-order valence-electron chi connectivity index (χ3n) is 4.44. The van der Waals surface area contributed by atoms with Crippen LogP contribution in [0.2, 0.25) is 0 Å². The predicted molar refractivity (Wildman–Crippen MR) is 102 cm³/mol. The molecule has 3 rings (SSSR count). The smallest absolute Gasteiger partial charge is 0.414 e. The molecule has 1 aliphatic heterocycles. The molecule has 146 valence electrons. The molecule has 1 atom stereocenters. The van der Waals surface area contributed by atoms with E-state index in [1.807, 2.05) is 30.3 Å². The van der Waals surface area contributed by atoms with Gasteiger partial charge in [0.2, 0.25) is 5.91 Å². The zero-order valence-electron chi connectivity index (χ0n) is 15.3. The first-order valence-corrected chi connectivity index (χ1v) is 9.11. The molecule has 2 aromatic rings. The summed E-state index contributed by atoms with van der Waals surface area (Å²) in [5.74, 6) is -0.730. The van der Waals surface area contributed by atoms with Gasteiger partial charge >= 0.3 is 6.09 Å². The third-order valence-corrected chi connectivity index (χ3v) is 4.44. The Hall–Kier alpha value is -3.22. The van der Waals surface area contributed by atoms with E-state index >= 15 is 0 Å². The number of hydrogen-bond acceptors (Lipinski definition) is 4. The number of amides is 2. The summed E-state index contributed by atoms with van der Waals surface area (Å²) < 4.78 is 18.1. The molecule has 1 saturated heterocycles. The lowest BCUT2D eigenvalue weighted by Gasteiger charge is -2.12. The Bertz CT molecular complexity index is 839. The highest BCUT2D eigenvalue weighted by atomic mass is 19.1. The standard InChI is InChI=1S/C21H21FN2O4/c22-16-11-9-15(10-12-16)19(25)7-4-8-20(26)23-13-18-14-24(21(27)28-18)17-5-2-1-3-6-17/h1-3,5-6,9-12,18H,4,7-8,13-14H2,(H,23,26). The number of ketones is 1. The molecule has 1 N–H and O–H groups in total. The molecule has 7 heteroatoms. The van der Waals surface area contributed by atoms with Crippen molar-refractivity contribution in [3.05, 3.63) is 66.0 Å². The second kappa shape index (κ2) is 9.12. The number of carbonyl (C=O) groups is 3. The highest BCUT2D eigenvalue weighted by molar-refractivity contribution is 5.96. The highest BCUT2D eigenvalue weighted by Crippen LogP contribution is 2.20. The molecule has 2 aromatic carbocycles. The summed E-state index contributed by atoms with van der Waals surface area (Å²) in [5, 5.41) is 2.73. The number of benzene rings is 2.